The van der Waals surface area contributed by atoms with Crippen molar-refractivity contribution in [3.63, 3.8) is 0 Å². The number of carbonyl (C=O) groups is 1. The number of hydrogen-bond acceptors (Lipinski definition) is 4. The molecule has 0 N–H and O–H groups in total. The van der Waals surface area contributed by atoms with Gasteiger partial charge in [0, 0.05) is 0 Å². The van der Waals surface area contributed by atoms with E-state index in [-0.39, 0.29) is 11.5 Å². The molecule has 5 heteroatoms. The van der Waals surface area contributed by atoms with Crippen molar-refractivity contribution >= 4 is 15.8 Å². The minimum Gasteiger partial charge on any atom is -0.465 e. The molecule has 124 valence electrons. The SMILES string of the molecule is CCCCCCC(C(=O)OCC)S(=O)(=O)c1ccc(C)cc1. The van der Waals surface area contributed by atoms with Crippen LogP contribution in [0.5, 0.6) is 0 Å². The van der Waals surface area contributed by atoms with Crippen LogP contribution in [0.3, 0.4) is 0 Å². The van der Waals surface area contributed by atoms with Crippen LogP contribution in [0.25, 0.3) is 0 Å². The third kappa shape index (κ3) is 5.13. The monoisotopic (exact) mass is 326 g/mol. The second-order valence-electron chi connectivity index (χ2n) is 5.45. The third-order valence-corrected chi connectivity index (χ3v) is 5.70. The number of ether oxygens (including phenoxy) is 1. The van der Waals surface area contributed by atoms with Crippen LogP contribution in [0.1, 0.15) is 51.5 Å². The fourth-order valence-electron chi connectivity index (χ4n) is 2.28. The van der Waals surface area contributed by atoms with Crippen LogP contribution in [0, 0.1) is 6.92 Å². The molecule has 1 rings (SSSR count). The van der Waals surface area contributed by atoms with E-state index in [4.69, 9.17) is 4.74 Å². The van der Waals surface area contributed by atoms with E-state index in [1.54, 1.807) is 31.2 Å². The van der Waals surface area contributed by atoms with E-state index in [0.717, 1.165) is 24.8 Å². The molecule has 0 aliphatic rings. The molecule has 0 spiro atoms. The third-order valence-electron chi connectivity index (χ3n) is 3.59. The molecule has 0 heterocycles. The first-order valence-corrected chi connectivity index (χ1v) is 9.45. The molecule has 1 aromatic rings. The highest BCUT2D eigenvalue weighted by molar-refractivity contribution is 7.92. The van der Waals surface area contributed by atoms with E-state index < -0.39 is 21.1 Å². The molecular weight excluding hydrogens is 300 g/mol. The molecule has 22 heavy (non-hydrogen) atoms. The predicted molar refractivity (Wildman–Crippen MR) is 87.5 cm³/mol. The molecule has 0 aliphatic carbocycles. The zero-order valence-electron chi connectivity index (χ0n) is 13.7. The summed E-state index contributed by atoms with van der Waals surface area (Å²) < 4.78 is 30.4. The molecule has 0 saturated carbocycles. The van der Waals surface area contributed by atoms with Crippen LogP contribution < -0.4 is 0 Å². The van der Waals surface area contributed by atoms with Gasteiger partial charge in [-0.15, -0.1) is 0 Å². The first kappa shape index (κ1) is 18.7. The van der Waals surface area contributed by atoms with E-state index in [9.17, 15) is 13.2 Å². The molecule has 0 aromatic heterocycles. The molecule has 0 aliphatic heterocycles. The Bertz CT molecular complexity index is 561. The molecule has 0 saturated heterocycles. The summed E-state index contributed by atoms with van der Waals surface area (Å²) in [5, 5.41) is -1.10. The molecule has 0 amide bonds. The lowest BCUT2D eigenvalue weighted by Gasteiger charge is -2.16. The maximum Gasteiger partial charge on any atom is 0.324 e. The standard InChI is InChI=1S/C17H26O4S/c1-4-6-7-8-9-16(17(18)21-5-2)22(19,20)15-12-10-14(3)11-13-15/h10-13,16H,4-9H2,1-3H3. The number of hydrogen-bond donors (Lipinski definition) is 0. The number of benzene rings is 1. The summed E-state index contributed by atoms with van der Waals surface area (Å²) in [7, 11) is -3.70. The highest BCUT2D eigenvalue weighted by Crippen LogP contribution is 2.22. The first-order chi connectivity index (χ1) is 10.4. The highest BCUT2D eigenvalue weighted by Gasteiger charge is 2.34. The van der Waals surface area contributed by atoms with Crippen LogP contribution >= 0.6 is 0 Å². The second kappa shape index (κ2) is 8.93. The predicted octanol–water partition coefficient (Wildman–Crippen LogP) is 3.67. The van der Waals surface area contributed by atoms with E-state index >= 15 is 0 Å². The minimum absolute atomic E-state index is 0.187. The fourth-order valence-corrected chi connectivity index (χ4v) is 3.93. The first-order valence-electron chi connectivity index (χ1n) is 7.90. The Kier molecular flexibility index (Phi) is 7.59. The van der Waals surface area contributed by atoms with Gasteiger partial charge in [0.05, 0.1) is 11.5 Å². The molecule has 1 atom stereocenters. The van der Waals surface area contributed by atoms with E-state index in [0.29, 0.717) is 12.8 Å². The normalized spacial score (nSPS) is 12.9. The van der Waals surface area contributed by atoms with Gasteiger partial charge < -0.3 is 4.74 Å². The van der Waals surface area contributed by atoms with Gasteiger partial charge in [-0.2, -0.15) is 0 Å². The molecule has 0 radical (unpaired) electrons. The van der Waals surface area contributed by atoms with Crippen molar-refractivity contribution in [2.45, 2.75) is 63.0 Å². The van der Waals surface area contributed by atoms with Crippen LogP contribution in [0.2, 0.25) is 0 Å². The summed E-state index contributed by atoms with van der Waals surface area (Å²) >= 11 is 0. The summed E-state index contributed by atoms with van der Waals surface area (Å²) in [4.78, 5) is 12.3. The van der Waals surface area contributed by atoms with Gasteiger partial charge in [0.15, 0.2) is 15.1 Å². The summed E-state index contributed by atoms with van der Waals surface area (Å²) in [5.41, 5.74) is 0.981. The Morgan fingerprint density at radius 3 is 2.27 bits per heavy atom. The second-order valence-corrected chi connectivity index (χ2v) is 7.58. The lowest BCUT2D eigenvalue weighted by molar-refractivity contribution is -0.142. The number of aryl methyl sites for hydroxylation is 1. The fraction of sp³-hybridized carbons (Fsp3) is 0.588. The van der Waals surface area contributed by atoms with Crippen molar-refractivity contribution < 1.29 is 17.9 Å². The average molecular weight is 326 g/mol. The number of carbonyl (C=O) groups excluding carboxylic acids is 1. The van der Waals surface area contributed by atoms with Crippen molar-refractivity contribution in [1.29, 1.82) is 0 Å². The molecule has 0 fully saturated rings. The van der Waals surface area contributed by atoms with E-state index in [1.807, 2.05) is 6.92 Å². The highest BCUT2D eigenvalue weighted by atomic mass is 32.2. The maximum absolute atomic E-state index is 12.7. The van der Waals surface area contributed by atoms with E-state index in [1.165, 1.54) is 0 Å². The number of esters is 1. The Balaban J connectivity index is 2.96. The van der Waals surface area contributed by atoms with Crippen molar-refractivity contribution in [3.8, 4) is 0 Å². The van der Waals surface area contributed by atoms with Gasteiger partial charge in [-0.1, -0.05) is 50.3 Å². The summed E-state index contributed by atoms with van der Waals surface area (Å²) in [6.45, 7) is 5.86. The lowest BCUT2D eigenvalue weighted by atomic mass is 10.1. The number of unbranched alkanes of at least 4 members (excludes halogenated alkanes) is 3. The zero-order valence-corrected chi connectivity index (χ0v) is 14.5. The Morgan fingerprint density at radius 1 is 1.09 bits per heavy atom. The quantitative estimate of drug-likeness (QED) is 0.513. The largest absolute Gasteiger partial charge is 0.465 e. The molecule has 0 bridgehead atoms. The van der Waals surface area contributed by atoms with Crippen LogP contribution in [-0.4, -0.2) is 26.2 Å². The zero-order chi connectivity index (χ0) is 16.6. The summed E-state index contributed by atoms with van der Waals surface area (Å²) in [5.74, 6) is -0.639. The van der Waals surface area contributed by atoms with Crippen molar-refractivity contribution in [2.24, 2.45) is 0 Å². The van der Waals surface area contributed by atoms with E-state index in [2.05, 4.69) is 6.92 Å². The van der Waals surface area contributed by atoms with Crippen molar-refractivity contribution in [1.82, 2.24) is 0 Å². The Labute approximate surface area is 133 Å². The van der Waals surface area contributed by atoms with Gasteiger partial charge >= 0.3 is 5.97 Å². The molecular formula is C17H26O4S. The minimum atomic E-state index is -3.70. The smallest absolute Gasteiger partial charge is 0.324 e. The van der Waals surface area contributed by atoms with Crippen LogP contribution in [0.15, 0.2) is 29.2 Å². The van der Waals surface area contributed by atoms with Gasteiger partial charge in [0.2, 0.25) is 0 Å². The van der Waals surface area contributed by atoms with Crippen LogP contribution in [-0.2, 0) is 19.4 Å². The molecule has 1 unspecified atom stereocenters. The Morgan fingerprint density at radius 2 is 1.73 bits per heavy atom. The van der Waals surface area contributed by atoms with Gasteiger partial charge in [0.1, 0.15) is 0 Å². The van der Waals surface area contributed by atoms with Crippen molar-refractivity contribution in [2.75, 3.05) is 6.61 Å². The summed E-state index contributed by atoms with van der Waals surface area (Å²) in [6.07, 6.45) is 4.06. The van der Waals surface area contributed by atoms with Gasteiger partial charge in [-0.05, 0) is 32.4 Å². The van der Waals surface area contributed by atoms with Gasteiger partial charge in [-0.3, -0.25) is 4.79 Å². The molecule has 4 nitrogen and oxygen atoms in total. The summed E-state index contributed by atoms with van der Waals surface area (Å²) in [6, 6.07) is 6.60. The maximum atomic E-state index is 12.7. The molecule has 1 aromatic carbocycles. The number of rotatable bonds is 9. The van der Waals surface area contributed by atoms with Crippen LogP contribution in [0.4, 0.5) is 0 Å². The van der Waals surface area contributed by atoms with Gasteiger partial charge in [0.25, 0.3) is 0 Å². The van der Waals surface area contributed by atoms with Gasteiger partial charge in [-0.25, -0.2) is 8.42 Å². The lowest BCUT2D eigenvalue weighted by Crippen LogP contribution is -2.32. The Hall–Kier alpha value is -1.36. The number of sulfone groups is 1. The topological polar surface area (TPSA) is 60.4 Å². The van der Waals surface area contributed by atoms with Crippen molar-refractivity contribution in [3.05, 3.63) is 29.8 Å². The average Bonchev–Trinajstić information content (AvgIpc) is 2.47.